The van der Waals surface area contributed by atoms with Gasteiger partial charge in [-0.15, -0.1) is 0 Å². The van der Waals surface area contributed by atoms with E-state index < -0.39 is 0 Å². The SMILES string of the molecule is NC(=O)Cn1ccnc1C1CCN(C(=O)c2cc3ccccc3cn2)CC1. The fraction of sp³-hybridized carbons (Fsp3) is 0.300. The summed E-state index contributed by atoms with van der Waals surface area (Å²) in [5.74, 6) is 0.654. The van der Waals surface area contributed by atoms with Gasteiger partial charge < -0.3 is 15.2 Å². The number of likely N-dealkylation sites (tertiary alicyclic amines) is 1. The smallest absolute Gasteiger partial charge is 0.272 e. The number of nitrogens with two attached hydrogens (primary N) is 1. The Morgan fingerprint density at radius 2 is 1.85 bits per heavy atom. The summed E-state index contributed by atoms with van der Waals surface area (Å²) in [6.45, 7) is 1.42. The number of imidazole rings is 1. The minimum absolute atomic E-state index is 0.0420. The Balaban J connectivity index is 1.45. The number of carbonyl (C=O) groups excluding carboxylic acids is 2. The van der Waals surface area contributed by atoms with E-state index in [1.807, 2.05) is 35.2 Å². The third kappa shape index (κ3) is 3.53. The average Bonchev–Trinajstić information content (AvgIpc) is 3.14. The Hall–Kier alpha value is -3.22. The Kier molecular flexibility index (Phi) is 4.58. The highest BCUT2D eigenvalue weighted by Crippen LogP contribution is 2.27. The number of hydrogen-bond donors (Lipinski definition) is 1. The molecular weight excluding hydrogens is 342 g/mol. The van der Waals surface area contributed by atoms with E-state index >= 15 is 0 Å². The molecule has 4 rings (SSSR count). The van der Waals surface area contributed by atoms with Gasteiger partial charge in [0.15, 0.2) is 0 Å². The van der Waals surface area contributed by atoms with E-state index in [0.29, 0.717) is 18.8 Å². The second-order valence-corrected chi connectivity index (χ2v) is 6.86. The minimum Gasteiger partial charge on any atom is -0.368 e. The van der Waals surface area contributed by atoms with Crippen LogP contribution in [0, 0.1) is 0 Å². The fourth-order valence-electron chi connectivity index (χ4n) is 3.69. The molecule has 1 fully saturated rings. The van der Waals surface area contributed by atoms with E-state index in [0.717, 1.165) is 29.4 Å². The minimum atomic E-state index is -0.385. The Bertz CT molecular complexity index is 989. The topological polar surface area (TPSA) is 94.1 Å². The number of aromatic nitrogens is 3. The molecule has 1 aliphatic rings. The highest BCUT2D eigenvalue weighted by atomic mass is 16.2. The molecule has 27 heavy (non-hydrogen) atoms. The number of fused-ring (bicyclic) bond motifs is 1. The highest BCUT2D eigenvalue weighted by Gasteiger charge is 2.27. The van der Waals surface area contributed by atoms with E-state index in [4.69, 9.17) is 5.73 Å². The van der Waals surface area contributed by atoms with Gasteiger partial charge in [0, 0.05) is 43.0 Å². The molecule has 3 aromatic rings. The second kappa shape index (κ2) is 7.19. The van der Waals surface area contributed by atoms with Crippen LogP contribution >= 0.6 is 0 Å². The molecule has 7 heteroatoms. The van der Waals surface area contributed by atoms with Crippen molar-refractivity contribution in [2.45, 2.75) is 25.3 Å². The first-order valence-electron chi connectivity index (χ1n) is 9.05. The summed E-state index contributed by atoms with van der Waals surface area (Å²) >= 11 is 0. The van der Waals surface area contributed by atoms with Crippen molar-refractivity contribution >= 4 is 22.6 Å². The number of primary amides is 1. The number of pyridine rings is 1. The first-order chi connectivity index (χ1) is 13.1. The van der Waals surface area contributed by atoms with Gasteiger partial charge in [0.1, 0.15) is 18.1 Å². The zero-order valence-electron chi connectivity index (χ0n) is 14.9. The van der Waals surface area contributed by atoms with Gasteiger partial charge >= 0.3 is 0 Å². The Morgan fingerprint density at radius 3 is 2.59 bits per heavy atom. The monoisotopic (exact) mass is 363 g/mol. The van der Waals surface area contributed by atoms with Crippen LogP contribution in [-0.4, -0.2) is 44.3 Å². The molecule has 2 amide bonds. The van der Waals surface area contributed by atoms with Crippen LogP contribution in [0.2, 0.25) is 0 Å². The number of hydrogen-bond acceptors (Lipinski definition) is 4. The predicted molar refractivity (Wildman–Crippen MR) is 101 cm³/mol. The Morgan fingerprint density at radius 1 is 1.11 bits per heavy atom. The molecule has 0 atom stereocenters. The van der Waals surface area contributed by atoms with Crippen LogP contribution in [0.4, 0.5) is 0 Å². The number of nitrogens with zero attached hydrogens (tertiary/aromatic N) is 4. The van der Waals surface area contributed by atoms with E-state index in [9.17, 15) is 9.59 Å². The van der Waals surface area contributed by atoms with Crippen molar-refractivity contribution in [1.29, 1.82) is 0 Å². The van der Waals surface area contributed by atoms with E-state index in [1.165, 1.54) is 0 Å². The van der Waals surface area contributed by atoms with Crippen molar-refractivity contribution in [3.8, 4) is 0 Å². The summed E-state index contributed by atoms with van der Waals surface area (Å²) in [6.07, 6.45) is 6.81. The van der Waals surface area contributed by atoms with Gasteiger partial charge in [-0.2, -0.15) is 0 Å². The lowest BCUT2D eigenvalue weighted by Crippen LogP contribution is -2.38. The molecule has 2 N–H and O–H groups in total. The molecule has 0 bridgehead atoms. The van der Waals surface area contributed by atoms with Crippen molar-refractivity contribution in [2.75, 3.05) is 13.1 Å². The third-order valence-electron chi connectivity index (χ3n) is 5.07. The van der Waals surface area contributed by atoms with Crippen LogP contribution in [0.1, 0.15) is 35.1 Å². The van der Waals surface area contributed by atoms with E-state index in [1.54, 1.807) is 23.2 Å². The maximum absolute atomic E-state index is 12.8. The normalized spacial score (nSPS) is 15.2. The molecule has 2 aromatic heterocycles. The molecule has 138 valence electrons. The summed E-state index contributed by atoms with van der Waals surface area (Å²) in [7, 11) is 0. The third-order valence-corrected chi connectivity index (χ3v) is 5.07. The lowest BCUT2D eigenvalue weighted by molar-refractivity contribution is -0.118. The lowest BCUT2D eigenvalue weighted by atomic mass is 9.95. The van der Waals surface area contributed by atoms with Crippen LogP contribution in [0.3, 0.4) is 0 Å². The molecule has 0 saturated carbocycles. The average molecular weight is 363 g/mol. The first kappa shape index (κ1) is 17.2. The molecular formula is C20H21N5O2. The molecule has 0 radical (unpaired) electrons. The summed E-state index contributed by atoms with van der Waals surface area (Å²) < 4.78 is 1.80. The maximum Gasteiger partial charge on any atom is 0.272 e. The van der Waals surface area contributed by atoms with Gasteiger partial charge in [-0.25, -0.2) is 4.98 Å². The highest BCUT2D eigenvalue weighted by molar-refractivity contribution is 5.96. The van der Waals surface area contributed by atoms with E-state index in [2.05, 4.69) is 9.97 Å². The van der Waals surface area contributed by atoms with Gasteiger partial charge in [-0.1, -0.05) is 24.3 Å². The predicted octanol–water partition coefficient (Wildman–Crippen LogP) is 1.94. The van der Waals surface area contributed by atoms with Gasteiger partial charge in [0.25, 0.3) is 5.91 Å². The van der Waals surface area contributed by atoms with Crippen LogP contribution in [0.15, 0.2) is 48.9 Å². The first-order valence-corrected chi connectivity index (χ1v) is 9.05. The summed E-state index contributed by atoms with van der Waals surface area (Å²) in [5, 5.41) is 2.04. The van der Waals surface area contributed by atoms with Crippen LogP contribution in [0.25, 0.3) is 10.8 Å². The van der Waals surface area contributed by atoms with Crippen molar-refractivity contribution in [2.24, 2.45) is 5.73 Å². The second-order valence-electron chi connectivity index (χ2n) is 6.86. The molecule has 7 nitrogen and oxygen atoms in total. The largest absolute Gasteiger partial charge is 0.368 e. The standard InChI is InChI=1S/C20H21N5O2/c21-18(26)13-25-10-7-22-19(25)14-5-8-24(9-6-14)20(27)17-11-15-3-1-2-4-16(15)12-23-17/h1-4,7,10-12,14H,5-6,8-9,13H2,(H2,21,26). The van der Waals surface area contributed by atoms with Crippen molar-refractivity contribution in [1.82, 2.24) is 19.4 Å². The molecule has 1 aromatic carbocycles. The number of amides is 2. The van der Waals surface area contributed by atoms with Crippen molar-refractivity contribution < 1.29 is 9.59 Å². The molecule has 3 heterocycles. The molecule has 1 aliphatic heterocycles. The fourth-order valence-corrected chi connectivity index (χ4v) is 3.69. The van der Waals surface area contributed by atoms with Crippen LogP contribution in [-0.2, 0) is 11.3 Å². The summed E-state index contributed by atoms with van der Waals surface area (Å²) in [4.78, 5) is 34.6. The molecule has 0 aliphatic carbocycles. The number of benzene rings is 1. The van der Waals surface area contributed by atoms with Gasteiger partial charge in [0.2, 0.25) is 5.91 Å². The summed E-state index contributed by atoms with van der Waals surface area (Å²) in [5.41, 5.74) is 5.77. The van der Waals surface area contributed by atoms with Crippen LogP contribution in [0.5, 0.6) is 0 Å². The number of piperidine rings is 1. The summed E-state index contributed by atoms with van der Waals surface area (Å²) in [6, 6.07) is 9.73. The lowest BCUT2D eigenvalue weighted by Gasteiger charge is -2.31. The van der Waals surface area contributed by atoms with Crippen molar-refractivity contribution in [3.05, 3.63) is 60.4 Å². The maximum atomic E-state index is 12.8. The molecule has 0 unspecified atom stereocenters. The quantitative estimate of drug-likeness (QED) is 0.766. The van der Waals surface area contributed by atoms with Gasteiger partial charge in [0.05, 0.1) is 0 Å². The molecule has 1 saturated heterocycles. The van der Waals surface area contributed by atoms with Crippen molar-refractivity contribution in [3.63, 3.8) is 0 Å². The van der Waals surface area contributed by atoms with Gasteiger partial charge in [-0.3, -0.25) is 14.6 Å². The van der Waals surface area contributed by atoms with Crippen LogP contribution < -0.4 is 5.73 Å². The van der Waals surface area contributed by atoms with E-state index in [-0.39, 0.29) is 24.3 Å². The number of carbonyl (C=O) groups is 2. The van der Waals surface area contributed by atoms with Gasteiger partial charge in [-0.05, 0) is 24.3 Å². The molecule has 0 spiro atoms. The Labute approximate surface area is 156 Å². The zero-order chi connectivity index (χ0) is 18.8. The number of rotatable bonds is 4. The zero-order valence-corrected chi connectivity index (χ0v) is 14.9.